The van der Waals surface area contributed by atoms with Gasteiger partial charge in [0.05, 0.1) is 29.9 Å². The molecule has 2 saturated heterocycles. The van der Waals surface area contributed by atoms with Gasteiger partial charge in [-0.25, -0.2) is 26.1 Å². The van der Waals surface area contributed by atoms with Crippen LogP contribution in [-0.4, -0.2) is 106 Å². The number of likely N-dealkylation sites (tertiary alicyclic amines) is 1. The van der Waals surface area contributed by atoms with Crippen LogP contribution < -0.4 is 15.8 Å². The Morgan fingerprint density at radius 2 is 1.72 bits per heavy atom. The van der Waals surface area contributed by atoms with E-state index >= 15 is 0 Å². The third-order valence-corrected chi connectivity index (χ3v) is 14.0. The van der Waals surface area contributed by atoms with Crippen molar-refractivity contribution in [3.63, 3.8) is 0 Å². The number of hydrogen-bond donors (Lipinski definition) is 4. The number of nitrogens with zero attached hydrogens (tertiary/aromatic N) is 3. The number of morpholine rings is 1. The number of anilines is 1. The van der Waals surface area contributed by atoms with Gasteiger partial charge in [-0.05, 0) is 73.3 Å². The average molecular weight is 835 g/mol. The lowest BCUT2D eigenvalue weighted by molar-refractivity contribution is -0.139. The van der Waals surface area contributed by atoms with Crippen LogP contribution in [0.1, 0.15) is 77.3 Å². The molecule has 3 aliphatic heterocycles. The Balaban J connectivity index is 0.000000188. The molecule has 5 aliphatic rings. The minimum atomic E-state index is -3.32. The zero-order valence-electron chi connectivity index (χ0n) is 32.9. The fraction of sp³-hybridized carbons (Fsp3) is 0.590. The van der Waals surface area contributed by atoms with E-state index in [0.717, 1.165) is 30.5 Å². The average Bonchev–Trinajstić information content (AvgIpc) is 4.08. The van der Waals surface area contributed by atoms with Gasteiger partial charge in [-0.2, -0.15) is 0 Å². The first-order chi connectivity index (χ1) is 26.9. The summed E-state index contributed by atoms with van der Waals surface area (Å²) in [7, 11) is -4.61. The second kappa shape index (κ2) is 18.6. The van der Waals surface area contributed by atoms with Crippen LogP contribution in [0.5, 0.6) is 0 Å². The summed E-state index contributed by atoms with van der Waals surface area (Å²) in [5.41, 5.74) is 7.10. The van der Waals surface area contributed by atoms with Crippen molar-refractivity contribution in [2.75, 3.05) is 38.2 Å². The van der Waals surface area contributed by atoms with E-state index in [1.54, 1.807) is 17.0 Å². The maximum absolute atomic E-state index is 13.4. The molecule has 5 N–H and O–H groups in total. The second-order valence-electron chi connectivity index (χ2n) is 16.1. The van der Waals surface area contributed by atoms with Gasteiger partial charge in [0.1, 0.15) is 28.9 Å². The molecule has 4 amide bonds. The summed E-state index contributed by atoms with van der Waals surface area (Å²) in [5, 5.41) is 11.7. The minimum absolute atomic E-state index is 0.0477. The van der Waals surface area contributed by atoms with Gasteiger partial charge < -0.3 is 25.8 Å². The molecule has 4 fully saturated rings. The Morgan fingerprint density at radius 1 is 1.04 bits per heavy atom. The normalized spacial score (nSPS) is 22.8. The Morgan fingerprint density at radius 3 is 2.30 bits per heavy atom. The molecule has 18 heteroatoms. The van der Waals surface area contributed by atoms with E-state index in [9.17, 15) is 36.2 Å². The Labute approximate surface area is 336 Å². The van der Waals surface area contributed by atoms with Gasteiger partial charge in [0.25, 0.3) is 0 Å². The molecule has 2 saturated carbocycles. The molecule has 0 aromatic heterocycles. The van der Waals surface area contributed by atoms with Crippen LogP contribution in [-0.2, 0) is 53.2 Å². The number of carbonyl (C=O) groups is 4. The highest BCUT2D eigenvalue weighted by atomic mass is 32.2. The lowest BCUT2D eigenvalue weighted by Gasteiger charge is -2.35. The largest absolute Gasteiger partial charge is 0.465 e. The van der Waals surface area contributed by atoms with Crippen molar-refractivity contribution in [2.45, 2.75) is 102 Å². The van der Waals surface area contributed by atoms with E-state index in [1.807, 2.05) is 56.3 Å². The number of fused-ring (bicyclic) bond motifs is 1. The van der Waals surface area contributed by atoms with Crippen LogP contribution in [0.3, 0.4) is 0 Å². The highest BCUT2D eigenvalue weighted by Gasteiger charge is 2.45. The summed E-state index contributed by atoms with van der Waals surface area (Å²) in [6, 6.07) is 10.9. The third-order valence-electron chi connectivity index (χ3n) is 10.7. The van der Waals surface area contributed by atoms with E-state index in [-0.39, 0.29) is 35.3 Å². The summed E-state index contributed by atoms with van der Waals surface area (Å²) in [5.74, 6) is -0.845. The smallest absolute Gasteiger partial charge is 0.407 e. The van der Waals surface area contributed by atoms with Crippen LogP contribution in [0.2, 0.25) is 0 Å². The van der Waals surface area contributed by atoms with Crippen molar-refractivity contribution >= 4 is 50.5 Å². The SMILES string of the molecule is CC(C)(C)C(Nc1cccc(S(=O)N2CCOCC2)c1)C(=O)N1CCCC1C(N)=O.CCC1CC1C(=O)NS(=O)(=O)C1CC1.O=C(O)N1Cc2cccc(F)c2C1. The van der Waals surface area contributed by atoms with E-state index in [0.29, 0.717) is 75.0 Å². The third kappa shape index (κ3) is 11.5. The van der Waals surface area contributed by atoms with Crippen LogP contribution >= 0.6 is 0 Å². The molecule has 15 nitrogen and oxygen atoms in total. The number of hydrogen-bond acceptors (Lipinski definition) is 9. The van der Waals surface area contributed by atoms with Crippen molar-refractivity contribution < 1.29 is 46.0 Å². The van der Waals surface area contributed by atoms with Gasteiger partial charge in [-0.3, -0.25) is 24.0 Å². The topological polar surface area (TPSA) is 209 Å². The minimum Gasteiger partial charge on any atom is -0.465 e. The lowest BCUT2D eigenvalue weighted by Crippen LogP contribution is -2.53. The van der Waals surface area contributed by atoms with E-state index in [4.69, 9.17) is 15.6 Å². The summed E-state index contributed by atoms with van der Waals surface area (Å²) >= 11 is 0. The number of nitrogens with two attached hydrogens (primary N) is 1. The van der Waals surface area contributed by atoms with Gasteiger partial charge in [0.2, 0.25) is 27.7 Å². The maximum Gasteiger partial charge on any atom is 0.407 e. The standard InChI is InChI=1S/C21H32N4O4S.C9H8FNO2.C9H15NO3S/c1-21(2,3)18(20(27)25-9-5-8-17(25)19(22)26)23-15-6-4-7-16(14-15)30(28)24-10-12-29-13-11-24;10-8-3-1-2-6-4-11(9(12)13)5-7(6)8;1-2-6-5-8(6)9(11)10-14(12,13)7-3-4-7/h4,6-7,14,17-18,23H,5,8-13H2,1-3H3,(H2,22,26);1-3H,4-5H2,(H,12,13);6-8H,2-5H2,1H3,(H,10,11). The number of primary amides is 1. The molecule has 314 valence electrons. The monoisotopic (exact) mass is 834 g/mol. The van der Waals surface area contributed by atoms with Crippen LogP contribution in [0.25, 0.3) is 0 Å². The van der Waals surface area contributed by atoms with Gasteiger partial charge in [0, 0.05) is 43.3 Å². The summed E-state index contributed by atoms with van der Waals surface area (Å²) in [6.07, 6.45) is 3.57. The molecule has 7 rings (SSSR count). The number of ether oxygens (including phenoxy) is 1. The first kappa shape index (κ1) is 44.0. The van der Waals surface area contributed by atoms with E-state index < -0.39 is 50.5 Å². The zero-order valence-corrected chi connectivity index (χ0v) is 34.6. The molecule has 0 bridgehead atoms. The summed E-state index contributed by atoms with van der Waals surface area (Å²) in [4.78, 5) is 50.6. The first-order valence-corrected chi connectivity index (χ1v) is 22.1. The second-order valence-corrected chi connectivity index (χ2v) is 19.5. The van der Waals surface area contributed by atoms with Crippen molar-refractivity contribution in [1.82, 2.24) is 18.8 Å². The summed E-state index contributed by atoms with van der Waals surface area (Å²) in [6.45, 7) is 11.3. The molecule has 2 aromatic rings. The molecule has 5 atom stereocenters. The Kier molecular flexibility index (Phi) is 14.4. The highest BCUT2D eigenvalue weighted by molar-refractivity contribution is 7.90. The number of nitrogens with one attached hydrogen (secondary N) is 2. The molecule has 2 aromatic carbocycles. The van der Waals surface area contributed by atoms with Gasteiger partial charge >= 0.3 is 6.09 Å². The van der Waals surface area contributed by atoms with Gasteiger partial charge in [-0.15, -0.1) is 0 Å². The Hall–Kier alpha value is -4.13. The molecule has 0 spiro atoms. The highest BCUT2D eigenvalue weighted by Crippen LogP contribution is 2.41. The summed E-state index contributed by atoms with van der Waals surface area (Å²) < 4.78 is 58.2. The van der Waals surface area contributed by atoms with Crippen molar-refractivity contribution in [3.05, 3.63) is 59.4 Å². The number of sulfonamides is 1. The molecule has 3 heterocycles. The molecule has 5 unspecified atom stereocenters. The lowest BCUT2D eigenvalue weighted by atomic mass is 9.85. The quantitative estimate of drug-likeness (QED) is 0.272. The molecular formula is C39H55FN6O9S2. The van der Waals surface area contributed by atoms with E-state index in [1.165, 1.54) is 11.0 Å². The van der Waals surface area contributed by atoms with Crippen LogP contribution in [0.15, 0.2) is 47.4 Å². The van der Waals surface area contributed by atoms with E-state index in [2.05, 4.69) is 10.0 Å². The maximum atomic E-state index is 13.4. The molecule has 2 aliphatic carbocycles. The number of benzene rings is 2. The first-order valence-electron chi connectivity index (χ1n) is 19.4. The van der Waals surface area contributed by atoms with Gasteiger partial charge in [-0.1, -0.05) is 52.3 Å². The van der Waals surface area contributed by atoms with Crippen molar-refractivity contribution in [1.29, 1.82) is 0 Å². The Bertz CT molecular complexity index is 1930. The number of amides is 4. The van der Waals surface area contributed by atoms with Gasteiger partial charge in [0.15, 0.2) is 0 Å². The fourth-order valence-electron chi connectivity index (χ4n) is 7.08. The predicted molar refractivity (Wildman–Crippen MR) is 212 cm³/mol. The van der Waals surface area contributed by atoms with Crippen molar-refractivity contribution in [2.24, 2.45) is 23.0 Å². The molecule has 57 heavy (non-hydrogen) atoms. The number of carboxylic acid groups (broad SMARTS) is 1. The molecule has 0 radical (unpaired) electrons. The number of carbonyl (C=O) groups excluding carboxylic acids is 3. The van der Waals surface area contributed by atoms with Crippen LogP contribution in [0, 0.1) is 23.1 Å². The molecular weight excluding hydrogens is 780 g/mol. The predicted octanol–water partition coefficient (Wildman–Crippen LogP) is 3.80. The van der Waals surface area contributed by atoms with Crippen LogP contribution in [0.4, 0.5) is 14.9 Å². The number of rotatable bonds is 10. The van der Waals surface area contributed by atoms with Crippen molar-refractivity contribution in [3.8, 4) is 0 Å². The number of halogens is 1. The zero-order chi connectivity index (χ0) is 41.7. The fourth-order valence-corrected chi connectivity index (χ4v) is 9.63.